The van der Waals surface area contributed by atoms with E-state index in [1.54, 1.807) is 0 Å². The van der Waals surface area contributed by atoms with E-state index < -0.39 is 0 Å². The number of fused-ring (bicyclic) bond motifs is 1. The smallest absolute Gasteiger partial charge is 0.151 e. The number of hydrogen-bond donors (Lipinski definition) is 1. The summed E-state index contributed by atoms with van der Waals surface area (Å²) in [5, 5.41) is 29.9. The fourth-order valence-electron chi connectivity index (χ4n) is 3.29. The second-order valence-electron chi connectivity index (χ2n) is 7.27. The van der Waals surface area contributed by atoms with Crippen LogP contribution < -0.4 is 0 Å². The van der Waals surface area contributed by atoms with Gasteiger partial charge in [0.15, 0.2) is 5.75 Å². The number of hydrogen-bond acceptors (Lipinski definition) is 5. The van der Waals surface area contributed by atoms with Gasteiger partial charge in [-0.1, -0.05) is 42.5 Å². The van der Waals surface area contributed by atoms with Crippen molar-refractivity contribution in [1.82, 2.24) is 0 Å². The summed E-state index contributed by atoms with van der Waals surface area (Å²) >= 11 is 0. The van der Waals surface area contributed by atoms with Gasteiger partial charge in [-0.15, -0.1) is 5.11 Å². The minimum Gasteiger partial charge on any atom is -0.505 e. The highest BCUT2D eigenvalue weighted by Crippen LogP contribution is 2.39. The molecule has 0 spiro atoms. The molecule has 0 atom stereocenters. The van der Waals surface area contributed by atoms with Crippen molar-refractivity contribution >= 4 is 33.5 Å². The molecule has 0 radical (unpaired) electrons. The molecule has 0 unspecified atom stereocenters. The van der Waals surface area contributed by atoms with E-state index in [1.165, 1.54) is 0 Å². The van der Waals surface area contributed by atoms with Gasteiger partial charge in [-0.3, -0.25) is 0 Å². The average Bonchev–Trinajstić information content (AvgIpc) is 2.75. The minimum absolute atomic E-state index is 0.150. The minimum atomic E-state index is 0.150. The number of nitrogens with zero attached hydrogens (tertiary/aromatic N) is 4. The lowest BCUT2D eigenvalue weighted by Gasteiger charge is -2.08. The van der Waals surface area contributed by atoms with Gasteiger partial charge in [-0.2, -0.15) is 15.3 Å². The first-order chi connectivity index (χ1) is 14.5. The molecular weight excluding hydrogens is 372 g/mol. The van der Waals surface area contributed by atoms with Crippen LogP contribution in [-0.2, 0) is 0 Å². The predicted molar refractivity (Wildman–Crippen MR) is 121 cm³/mol. The van der Waals surface area contributed by atoms with Crippen LogP contribution in [-0.4, -0.2) is 5.11 Å². The Labute approximate surface area is 175 Å². The first kappa shape index (κ1) is 19.5. The van der Waals surface area contributed by atoms with E-state index in [9.17, 15) is 5.11 Å². The Morgan fingerprint density at radius 3 is 1.90 bits per heavy atom. The first-order valence-electron chi connectivity index (χ1n) is 9.74. The predicted octanol–water partition coefficient (Wildman–Crippen LogP) is 8.30. The van der Waals surface area contributed by atoms with E-state index in [4.69, 9.17) is 0 Å². The highest BCUT2D eigenvalue weighted by Gasteiger charge is 2.10. The molecule has 0 aliphatic rings. The zero-order chi connectivity index (χ0) is 21.1. The van der Waals surface area contributed by atoms with Crippen molar-refractivity contribution in [3.05, 3.63) is 89.5 Å². The summed E-state index contributed by atoms with van der Waals surface area (Å²) in [5.41, 5.74) is 5.58. The SMILES string of the molecule is Cc1cc(N=Nc2c(C)cc3ccccc3c2O)c(C)cc1N=Nc1ccccc1. The molecule has 0 aromatic heterocycles. The number of aryl methyl sites for hydroxylation is 3. The standard InChI is InChI=1S/C25H22N4O/c1-16-15-23(17(2)14-22(16)27-26-20-10-5-4-6-11-20)28-29-24-18(3)13-19-9-7-8-12-21(19)25(24)30/h4-15,30H,1-3H3. The van der Waals surface area contributed by atoms with Crippen molar-refractivity contribution < 1.29 is 5.11 Å². The molecule has 30 heavy (non-hydrogen) atoms. The number of azo groups is 2. The second-order valence-corrected chi connectivity index (χ2v) is 7.27. The van der Waals surface area contributed by atoms with Gasteiger partial charge in [0.25, 0.3) is 0 Å². The molecule has 4 rings (SSSR count). The third-order valence-electron chi connectivity index (χ3n) is 4.99. The van der Waals surface area contributed by atoms with Crippen LogP contribution in [0.2, 0.25) is 0 Å². The summed E-state index contributed by atoms with van der Waals surface area (Å²) in [4.78, 5) is 0. The Hall–Kier alpha value is -3.86. The zero-order valence-corrected chi connectivity index (χ0v) is 17.2. The summed E-state index contributed by atoms with van der Waals surface area (Å²) < 4.78 is 0. The first-order valence-corrected chi connectivity index (χ1v) is 9.74. The van der Waals surface area contributed by atoms with Crippen LogP contribution in [0.15, 0.2) is 93.3 Å². The van der Waals surface area contributed by atoms with Crippen molar-refractivity contribution in [3.8, 4) is 5.75 Å². The molecule has 1 N–H and O–H groups in total. The fourth-order valence-corrected chi connectivity index (χ4v) is 3.29. The quantitative estimate of drug-likeness (QED) is 0.347. The summed E-state index contributed by atoms with van der Waals surface area (Å²) in [5.74, 6) is 0.150. The van der Waals surface area contributed by atoms with E-state index in [0.29, 0.717) is 5.69 Å². The van der Waals surface area contributed by atoms with Gasteiger partial charge >= 0.3 is 0 Å². The number of phenols is 1. The van der Waals surface area contributed by atoms with Crippen LogP contribution in [0, 0.1) is 20.8 Å². The Balaban J connectivity index is 1.66. The van der Waals surface area contributed by atoms with E-state index >= 15 is 0 Å². The largest absolute Gasteiger partial charge is 0.505 e. The number of aromatic hydroxyl groups is 1. The molecule has 5 nitrogen and oxygen atoms in total. The highest BCUT2D eigenvalue weighted by atomic mass is 16.3. The van der Waals surface area contributed by atoms with Crippen molar-refractivity contribution in [2.45, 2.75) is 20.8 Å². The topological polar surface area (TPSA) is 69.7 Å². The van der Waals surface area contributed by atoms with Gasteiger partial charge in [-0.25, -0.2) is 0 Å². The number of benzene rings is 4. The number of phenolic OH excluding ortho intramolecular Hbond substituents is 1. The molecule has 0 amide bonds. The van der Waals surface area contributed by atoms with Crippen LogP contribution in [0.25, 0.3) is 10.8 Å². The maximum absolute atomic E-state index is 10.7. The molecule has 0 saturated heterocycles. The molecule has 4 aromatic carbocycles. The van der Waals surface area contributed by atoms with Crippen LogP contribution >= 0.6 is 0 Å². The Morgan fingerprint density at radius 2 is 1.20 bits per heavy atom. The average molecular weight is 394 g/mol. The lowest BCUT2D eigenvalue weighted by Crippen LogP contribution is -1.81. The summed E-state index contributed by atoms with van der Waals surface area (Å²) in [6.07, 6.45) is 0. The van der Waals surface area contributed by atoms with Crippen molar-refractivity contribution in [1.29, 1.82) is 0 Å². The number of rotatable bonds is 4. The van der Waals surface area contributed by atoms with Crippen molar-refractivity contribution in [3.63, 3.8) is 0 Å². The van der Waals surface area contributed by atoms with Gasteiger partial charge < -0.3 is 5.11 Å². The molecule has 0 bridgehead atoms. The molecule has 0 saturated carbocycles. The summed E-state index contributed by atoms with van der Waals surface area (Å²) in [6.45, 7) is 5.85. The maximum Gasteiger partial charge on any atom is 0.151 e. The highest BCUT2D eigenvalue weighted by molar-refractivity contribution is 5.93. The lowest BCUT2D eigenvalue weighted by atomic mass is 10.0. The zero-order valence-electron chi connectivity index (χ0n) is 17.2. The molecule has 5 heteroatoms. The molecule has 0 aliphatic carbocycles. The van der Waals surface area contributed by atoms with E-state index in [-0.39, 0.29) is 5.75 Å². The van der Waals surface area contributed by atoms with Gasteiger partial charge in [0, 0.05) is 5.39 Å². The normalized spacial score (nSPS) is 11.7. The van der Waals surface area contributed by atoms with Gasteiger partial charge in [0.2, 0.25) is 0 Å². The van der Waals surface area contributed by atoms with Crippen LogP contribution in [0.5, 0.6) is 5.75 Å². The second kappa shape index (κ2) is 8.25. The van der Waals surface area contributed by atoms with Crippen LogP contribution in [0.1, 0.15) is 16.7 Å². The molecule has 0 aliphatic heterocycles. The van der Waals surface area contributed by atoms with Crippen molar-refractivity contribution in [2.75, 3.05) is 0 Å². The molecule has 0 heterocycles. The Kier molecular flexibility index (Phi) is 5.35. The monoisotopic (exact) mass is 394 g/mol. The van der Waals surface area contributed by atoms with E-state index in [0.717, 1.165) is 44.5 Å². The molecule has 148 valence electrons. The van der Waals surface area contributed by atoms with Gasteiger partial charge in [0.05, 0.1) is 17.1 Å². The van der Waals surface area contributed by atoms with Gasteiger partial charge in [-0.05, 0) is 73.2 Å². The maximum atomic E-state index is 10.7. The molecule has 4 aromatic rings. The van der Waals surface area contributed by atoms with Crippen molar-refractivity contribution in [2.24, 2.45) is 20.5 Å². The molecule has 0 fully saturated rings. The van der Waals surface area contributed by atoms with Crippen LogP contribution in [0.4, 0.5) is 22.7 Å². The third kappa shape index (κ3) is 3.96. The van der Waals surface area contributed by atoms with Gasteiger partial charge in [0.1, 0.15) is 5.69 Å². The molecular formula is C25H22N4O. The van der Waals surface area contributed by atoms with E-state index in [1.807, 2.05) is 93.6 Å². The summed E-state index contributed by atoms with van der Waals surface area (Å²) in [6, 6.07) is 23.2. The summed E-state index contributed by atoms with van der Waals surface area (Å²) in [7, 11) is 0. The fraction of sp³-hybridized carbons (Fsp3) is 0.120. The third-order valence-corrected chi connectivity index (χ3v) is 4.99. The van der Waals surface area contributed by atoms with E-state index in [2.05, 4.69) is 20.5 Å². The Morgan fingerprint density at radius 1 is 0.600 bits per heavy atom. The van der Waals surface area contributed by atoms with Crippen LogP contribution in [0.3, 0.4) is 0 Å². The lowest BCUT2D eigenvalue weighted by molar-refractivity contribution is 0.482. The Bertz CT molecular complexity index is 1280.